The summed E-state index contributed by atoms with van der Waals surface area (Å²) in [5.41, 5.74) is 0. The Kier molecular flexibility index (Phi) is 3.42. The number of aromatic nitrogens is 2. The normalized spacial score (nSPS) is 31.5. The van der Waals surface area contributed by atoms with E-state index in [2.05, 4.69) is 21.0 Å². The van der Waals surface area contributed by atoms with Crippen LogP contribution < -0.4 is 10.2 Å². The fourth-order valence-electron chi connectivity index (χ4n) is 4.32. The minimum absolute atomic E-state index is 0.680. The first-order valence-corrected chi connectivity index (χ1v) is 8.44. The van der Waals surface area contributed by atoms with E-state index in [1.54, 1.807) is 0 Å². The first kappa shape index (κ1) is 12.7. The number of fused-ring (bicyclic) bond motifs is 2. The van der Waals surface area contributed by atoms with Gasteiger partial charge in [0, 0.05) is 43.6 Å². The molecule has 0 amide bonds. The van der Waals surface area contributed by atoms with Gasteiger partial charge in [-0.2, -0.15) is 0 Å². The standard InChI is InChI=1S/C16H26N4/c1-2-4-15(5-3-1)20-11-9-17-16(20)19-10-8-13-6-7-14(12-19)18-13/h9,11,13-15,18H,1-8,10,12H2. The zero-order valence-corrected chi connectivity index (χ0v) is 12.3. The lowest BCUT2D eigenvalue weighted by molar-refractivity contribution is 0.352. The van der Waals surface area contributed by atoms with Gasteiger partial charge in [-0.25, -0.2) is 4.98 Å². The fraction of sp³-hybridized carbons (Fsp3) is 0.812. The number of hydrogen-bond acceptors (Lipinski definition) is 3. The number of hydrogen-bond donors (Lipinski definition) is 1. The van der Waals surface area contributed by atoms with Crippen LogP contribution in [0.25, 0.3) is 0 Å². The highest BCUT2D eigenvalue weighted by atomic mass is 15.3. The molecule has 2 unspecified atom stereocenters. The topological polar surface area (TPSA) is 33.1 Å². The molecule has 3 fully saturated rings. The van der Waals surface area contributed by atoms with Crippen molar-refractivity contribution < 1.29 is 0 Å². The van der Waals surface area contributed by atoms with Crippen LogP contribution in [0.15, 0.2) is 12.4 Å². The molecule has 3 heterocycles. The fourth-order valence-corrected chi connectivity index (χ4v) is 4.32. The van der Waals surface area contributed by atoms with Crippen LogP contribution in [-0.4, -0.2) is 34.7 Å². The Bertz CT molecular complexity index is 449. The molecule has 2 aliphatic heterocycles. The molecule has 0 spiro atoms. The quantitative estimate of drug-likeness (QED) is 0.900. The maximum Gasteiger partial charge on any atom is 0.205 e. The van der Waals surface area contributed by atoms with Crippen molar-refractivity contribution >= 4 is 5.95 Å². The minimum Gasteiger partial charge on any atom is -0.341 e. The van der Waals surface area contributed by atoms with Crippen molar-refractivity contribution in [1.29, 1.82) is 0 Å². The highest BCUT2D eigenvalue weighted by Gasteiger charge is 2.31. The molecule has 3 aliphatic rings. The second kappa shape index (κ2) is 5.40. The van der Waals surface area contributed by atoms with E-state index >= 15 is 0 Å². The smallest absolute Gasteiger partial charge is 0.205 e. The molecule has 110 valence electrons. The maximum atomic E-state index is 4.70. The van der Waals surface area contributed by atoms with Crippen molar-refractivity contribution in [3.63, 3.8) is 0 Å². The van der Waals surface area contributed by atoms with Crippen LogP contribution in [0.5, 0.6) is 0 Å². The molecule has 2 atom stereocenters. The average Bonchev–Trinajstić information content (AvgIpc) is 3.07. The zero-order valence-electron chi connectivity index (χ0n) is 12.3. The molecular formula is C16H26N4. The first-order chi connectivity index (χ1) is 9.90. The van der Waals surface area contributed by atoms with Crippen LogP contribution in [0.4, 0.5) is 5.95 Å². The van der Waals surface area contributed by atoms with Crippen molar-refractivity contribution in [1.82, 2.24) is 14.9 Å². The van der Waals surface area contributed by atoms with Gasteiger partial charge < -0.3 is 14.8 Å². The Morgan fingerprint density at radius 1 is 1.00 bits per heavy atom. The van der Waals surface area contributed by atoms with Crippen LogP contribution >= 0.6 is 0 Å². The van der Waals surface area contributed by atoms with E-state index in [1.165, 1.54) is 57.3 Å². The van der Waals surface area contributed by atoms with Crippen molar-refractivity contribution in [3.8, 4) is 0 Å². The van der Waals surface area contributed by atoms with Gasteiger partial charge in [0.25, 0.3) is 0 Å². The van der Waals surface area contributed by atoms with Gasteiger partial charge in [-0.1, -0.05) is 19.3 Å². The molecule has 1 aliphatic carbocycles. The third-order valence-electron chi connectivity index (χ3n) is 5.42. The highest BCUT2D eigenvalue weighted by molar-refractivity contribution is 5.33. The van der Waals surface area contributed by atoms with Gasteiger partial charge >= 0.3 is 0 Å². The summed E-state index contributed by atoms with van der Waals surface area (Å²) in [4.78, 5) is 7.23. The molecule has 1 N–H and O–H groups in total. The summed E-state index contributed by atoms with van der Waals surface area (Å²) in [7, 11) is 0. The first-order valence-electron chi connectivity index (χ1n) is 8.44. The van der Waals surface area contributed by atoms with Gasteiger partial charge in [0.1, 0.15) is 0 Å². The third kappa shape index (κ3) is 2.34. The Morgan fingerprint density at radius 2 is 1.85 bits per heavy atom. The second-order valence-electron chi connectivity index (χ2n) is 6.80. The molecule has 0 aromatic carbocycles. The molecule has 2 bridgehead atoms. The summed E-state index contributed by atoms with van der Waals surface area (Å²) >= 11 is 0. The molecule has 4 heteroatoms. The molecule has 1 saturated carbocycles. The van der Waals surface area contributed by atoms with Crippen LogP contribution in [0, 0.1) is 0 Å². The summed E-state index contributed by atoms with van der Waals surface area (Å²) in [6.07, 6.45) is 15.0. The van der Waals surface area contributed by atoms with Crippen LogP contribution in [0.3, 0.4) is 0 Å². The number of nitrogens with one attached hydrogen (secondary N) is 1. The van der Waals surface area contributed by atoms with Crippen molar-refractivity contribution in [2.75, 3.05) is 18.0 Å². The lowest BCUT2D eigenvalue weighted by Gasteiger charge is -2.30. The summed E-state index contributed by atoms with van der Waals surface area (Å²) in [5.74, 6) is 1.23. The Morgan fingerprint density at radius 3 is 2.75 bits per heavy atom. The number of rotatable bonds is 2. The molecule has 1 aromatic heterocycles. The molecule has 4 nitrogen and oxygen atoms in total. The summed E-state index contributed by atoms with van der Waals surface area (Å²) < 4.78 is 2.47. The summed E-state index contributed by atoms with van der Waals surface area (Å²) in [6.45, 7) is 2.30. The van der Waals surface area contributed by atoms with E-state index < -0.39 is 0 Å². The largest absolute Gasteiger partial charge is 0.341 e. The van der Waals surface area contributed by atoms with E-state index in [1.807, 2.05) is 6.20 Å². The van der Waals surface area contributed by atoms with Gasteiger partial charge in [0.15, 0.2) is 0 Å². The zero-order chi connectivity index (χ0) is 13.4. The van der Waals surface area contributed by atoms with E-state index in [-0.39, 0.29) is 0 Å². The maximum absolute atomic E-state index is 4.70. The number of imidazole rings is 1. The van der Waals surface area contributed by atoms with E-state index in [0.717, 1.165) is 19.1 Å². The molecular weight excluding hydrogens is 248 g/mol. The van der Waals surface area contributed by atoms with Crippen LogP contribution in [-0.2, 0) is 0 Å². The predicted molar refractivity (Wildman–Crippen MR) is 81.1 cm³/mol. The van der Waals surface area contributed by atoms with Crippen molar-refractivity contribution in [3.05, 3.63) is 12.4 Å². The highest BCUT2D eigenvalue weighted by Crippen LogP contribution is 2.32. The van der Waals surface area contributed by atoms with Gasteiger partial charge in [-0.05, 0) is 32.1 Å². The van der Waals surface area contributed by atoms with Gasteiger partial charge in [-0.15, -0.1) is 0 Å². The SMILES string of the molecule is c1cn(C2CCCCC2)c(N2CCC3CCC(C2)N3)n1. The van der Waals surface area contributed by atoms with Gasteiger partial charge in [-0.3, -0.25) is 0 Å². The van der Waals surface area contributed by atoms with Crippen molar-refractivity contribution in [2.24, 2.45) is 0 Å². The van der Waals surface area contributed by atoms with Gasteiger partial charge in [0.05, 0.1) is 0 Å². The minimum atomic E-state index is 0.680. The average molecular weight is 274 g/mol. The number of anilines is 1. The second-order valence-corrected chi connectivity index (χ2v) is 6.80. The Balaban J connectivity index is 1.54. The lowest BCUT2D eigenvalue weighted by atomic mass is 9.95. The molecule has 20 heavy (non-hydrogen) atoms. The van der Waals surface area contributed by atoms with Gasteiger partial charge in [0.2, 0.25) is 5.95 Å². The molecule has 0 radical (unpaired) electrons. The van der Waals surface area contributed by atoms with E-state index in [9.17, 15) is 0 Å². The van der Waals surface area contributed by atoms with Crippen molar-refractivity contribution in [2.45, 2.75) is 69.5 Å². The van der Waals surface area contributed by atoms with E-state index in [0.29, 0.717) is 12.1 Å². The summed E-state index contributed by atoms with van der Waals surface area (Å²) in [6, 6.07) is 2.12. The molecule has 4 rings (SSSR count). The Labute approximate surface area is 121 Å². The lowest BCUT2D eigenvalue weighted by Crippen LogP contribution is -2.37. The van der Waals surface area contributed by atoms with Crippen LogP contribution in [0.1, 0.15) is 57.4 Å². The Hall–Kier alpha value is -1.03. The predicted octanol–water partition coefficient (Wildman–Crippen LogP) is 2.72. The molecule has 1 aromatic rings. The number of nitrogens with zero attached hydrogens (tertiary/aromatic N) is 3. The van der Waals surface area contributed by atoms with Crippen LogP contribution in [0.2, 0.25) is 0 Å². The van der Waals surface area contributed by atoms with E-state index in [4.69, 9.17) is 4.98 Å². The molecule has 2 saturated heterocycles. The monoisotopic (exact) mass is 274 g/mol. The third-order valence-corrected chi connectivity index (χ3v) is 5.42. The summed E-state index contributed by atoms with van der Waals surface area (Å²) in [5, 5.41) is 3.77.